The highest BCUT2D eigenvalue weighted by Gasteiger charge is 2.29. The molecule has 42 heavy (non-hydrogen) atoms. The van der Waals surface area contributed by atoms with E-state index in [2.05, 4.69) is 22.3 Å². The summed E-state index contributed by atoms with van der Waals surface area (Å²) in [5, 5.41) is 13.9. The van der Waals surface area contributed by atoms with Crippen molar-refractivity contribution in [1.82, 2.24) is 10.6 Å². The first-order valence-corrected chi connectivity index (χ1v) is 16.4. The number of amides is 2. The Morgan fingerprint density at radius 3 is 1.90 bits per heavy atom. The summed E-state index contributed by atoms with van der Waals surface area (Å²) in [6, 6.07) is -2.28. The zero-order valence-electron chi connectivity index (χ0n) is 26.3. The lowest BCUT2D eigenvalue weighted by Crippen LogP contribution is -2.53. The maximum Gasteiger partial charge on any atom is 0.408 e. The van der Waals surface area contributed by atoms with Crippen molar-refractivity contribution in [3.63, 3.8) is 0 Å². The summed E-state index contributed by atoms with van der Waals surface area (Å²) in [7, 11) is 1.13. The van der Waals surface area contributed by atoms with Crippen molar-refractivity contribution in [2.45, 2.75) is 135 Å². The van der Waals surface area contributed by atoms with Crippen LogP contribution in [0.4, 0.5) is 4.79 Å². The molecule has 0 aliphatic carbocycles. The second-order valence-electron chi connectivity index (χ2n) is 11.3. The minimum absolute atomic E-state index is 0.105. The van der Waals surface area contributed by atoms with Crippen LogP contribution in [0.3, 0.4) is 0 Å². The van der Waals surface area contributed by atoms with E-state index >= 15 is 0 Å². The van der Waals surface area contributed by atoms with Crippen LogP contribution in [0.5, 0.6) is 0 Å². The zero-order chi connectivity index (χ0) is 31.8. The lowest BCUT2D eigenvalue weighted by atomic mass is 10.1. The quantitative estimate of drug-likeness (QED) is 0.0729. The highest BCUT2D eigenvalue weighted by molar-refractivity contribution is 7.99. The number of nitrogens with one attached hydrogen (secondary N) is 2. The van der Waals surface area contributed by atoms with E-state index in [9.17, 15) is 24.0 Å². The van der Waals surface area contributed by atoms with Crippen molar-refractivity contribution < 1.29 is 43.3 Å². The number of hydrogen-bond donors (Lipinski definition) is 3. The molecule has 0 radical (unpaired) electrons. The predicted molar refractivity (Wildman–Crippen MR) is 163 cm³/mol. The Morgan fingerprint density at radius 2 is 1.38 bits per heavy atom. The number of alkyl carbamates (subject to hydrolysis) is 1. The maximum absolute atomic E-state index is 12.9. The average molecular weight is 619 g/mol. The molecule has 0 saturated heterocycles. The Bertz CT molecular complexity index is 802. The summed E-state index contributed by atoms with van der Waals surface area (Å²) in [6.07, 6.45) is 12.3. The molecule has 0 saturated carbocycles. The number of aliphatic carboxylic acids is 1. The molecule has 244 valence electrons. The Hall–Kier alpha value is -2.50. The molecule has 0 fully saturated rings. The fraction of sp³-hybridized carbons (Fsp3) is 0.833. The molecule has 0 aromatic heterocycles. The van der Waals surface area contributed by atoms with Crippen LogP contribution in [0, 0.1) is 0 Å². The van der Waals surface area contributed by atoms with Crippen molar-refractivity contribution in [1.29, 1.82) is 0 Å². The molecule has 2 unspecified atom stereocenters. The summed E-state index contributed by atoms with van der Waals surface area (Å²) in [6.45, 7) is 7.43. The van der Waals surface area contributed by atoms with E-state index in [4.69, 9.17) is 14.6 Å². The molecule has 2 atom stereocenters. The molecule has 0 aliphatic heterocycles. The van der Waals surface area contributed by atoms with Gasteiger partial charge in [-0.05, 0) is 33.6 Å². The van der Waals surface area contributed by atoms with Gasteiger partial charge in [0.25, 0.3) is 0 Å². The van der Waals surface area contributed by atoms with Crippen LogP contribution < -0.4 is 10.6 Å². The lowest BCUT2D eigenvalue weighted by molar-refractivity contribution is -0.146. The van der Waals surface area contributed by atoms with Gasteiger partial charge in [-0.3, -0.25) is 14.4 Å². The molecule has 0 aliphatic rings. The molecule has 3 N–H and O–H groups in total. The van der Waals surface area contributed by atoms with Gasteiger partial charge in [-0.15, -0.1) is 0 Å². The molecule has 0 bridgehead atoms. The van der Waals surface area contributed by atoms with Gasteiger partial charge in [0, 0.05) is 24.3 Å². The number of carboxylic acid groups (broad SMARTS) is 1. The van der Waals surface area contributed by atoms with Crippen LogP contribution >= 0.6 is 11.8 Å². The Morgan fingerprint density at radius 1 is 0.810 bits per heavy atom. The minimum Gasteiger partial charge on any atom is -0.481 e. The Balaban J connectivity index is 4.51. The molecular weight excluding hydrogens is 564 g/mol. The van der Waals surface area contributed by atoms with Gasteiger partial charge in [0.1, 0.15) is 24.3 Å². The van der Waals surface area contributed by atoms with E-state index in [-0.39, 0.29) is 31.2 Å². The maximum atomic E-state index is 12.9. The minimum atomic E-state index is -1.19. The molecular formula is C30H54N2O9S. The highest BCUT2D eigenvalue weighted by atomic mass is 32.2. The second kappa shape index (κ2) is 24.0. The first-order valence-electron chi connectivity index (χ1n) is 15.2. The summed E-state index contributed by atoms with van der Waals surface area (Å²) in [5.74, 6) is -2.38. The van der Waals surface area contributed by atoms with Gasteiger partial charge in [-0.25, -0.2) is 9.59 Å². The number of carboxylic acids is 1. The van der Waals surface area contributed by atoms with Crippen LogP contribution in [-0.4, -0.2) is 77.9 Å². The first kappa shape index (κ1) is 39.5. The number of carbonyl (C=O) groups excluding carboxylic acids is 4. The van der Waals surface area contributed by atoms with Crippen LogP contribution in [-0.2, 0) is 33.4 Å². The molecule has 0 heterocycles. The van der Waals surface area contributed by atoms with E-state index < -0.39 is 41.6 Å². The summed E-state index contributed by atoms with van der Waals surface area (Å²) >= 11 is 1.28. The van der Waals surface area contributed by atoms with Gasteiger partial charge < -0.3 is 30.0 Å². The van der Waals surface area contributed by atoms with Gasteiger partial charge in [-0.1, -0.05) is 71.1 Å². The van der Waals surface area contributed by atoms with Gasteiger partial charge >= 0.3 is 24.0 Å². The lowest BCUT2D eigenvalue weighted by Gasteiger charge is -2.24. The summed E-state index contributed by atoms with van der Waals surface area (Å²) < 4.78 is 15.2. The number of rotatable bonds is 24. The number of thioether (sulfide) groups is 1. The number of ether oxygens (including phenoxy) is 3. The Labute approximate surface area is 255 Å². The molecule has 12 heteroatoms. The monoisotopic (exact) mass is 618 g/mol. The van der Waals surface area contributed by atoms with Crippen molar-refractivity contribution >= 4 is 41.7 Å². The van der Waals surface area contributed by atoms with Crippen molar-refractivity contribution in [3.8, 4) is 0 Å². The topological polar surface area (TPSA) is 157 Å². The van der Waals surface area contributed by atoms with Crippen molar-refractivity contribution in [3.05, 3.63) is 0 Å². The van der Waals surface area contributed by atoms with E-state index in [1.54, 1.807) is 20.8 Å². The fourth-order valence-electron chi connectivity index (χ4n) is 3.99. The third-order valence-electron chi connectivity index (χ3n) is 6.22. The molecule has 0 rings (SSSR count). The average Bonchev–Trinajstić information content (AvgIpc) is 2.91. The first-order chi connectivity index (χ1) is 19.9. The van der Waals surface area contributed by atoms with Crippen molar-refractivity contribution in [2.24, 2.45) is 0 Å². The van der Waals surface area contributed by atoms with Gasteiger partial charge in [0.2, 0.25) is 5.91 Å². The van der Waals surface area contributed by atoms with Crippen LogP contribution in [0.15, 0.2) is 0 Å². The van der Waals surface area contributed by atoms with Crippen molar-refractivity contribution in [2.75, 3.05) is 25.2 Å². The van der Waals surface area contributed by atoms with Crippen LogP contribution in [0.2, 0.25) is 0 Å². The van der Waals surface area contributed by atoms with Gasteiger partial charge in [0.15, 0.2) is 0 Å². The SMILES string of the molecule is CCCCCCCCCCCCCC(=O)OCCSCC(NC(=O)OC(C)(C)C)C(=O)NC(CCC(=O)O)C(=O)OC. The van der Waals surface area contributed by atoms with E-state index in [1.165, 1.54) is 63.1 Å². The standard InChI is InChI=1S/C30H54N2O9S/c1-6-7-8-9-10-11-12-13-14-15-16-17-26(35)40-20-21-42-22-24(32-29(38)41-30(2,3)4)27(36)31-23(28(37)39-5)18-19-25(33)34/h23-24H,6-22H2,1-5H3,(H,31,36)(H,32,38)(H,33,34). The zero-order valence-corrected chi connectivity index (χ0v) is 27.1. The highest BCUT2D eigenvalue weighted by Crippen LogP contribution is 2.13. The number of unbranched alkanes of at least 4 members (excludes halogenated alkanes) is 10. The molecule has 2 amide bonds. The second-order valence-corrected chi connectivity index (χ2v) is 12.4. The Kier molecular flexibility index (Phi) is 22.6. The smallest absolute Gasteiger partial charge is 0.408 e. The summed E-state index contributed by atoms with van der Waals surface area (Å²) in [5.41, 5.74) is -0.795. The van der Waals surface area contributed by atoms with Gasteiger partial charge in [-0.2, -0.15) is 11.8 Å². The molecule has 11 nitrogen and oxygen atoms in total. The third-order valence-corrected chi connectivity index (χ3v) is 7.24. The van der Waals surface area contributed by atoms with Crippen LogP contribution in [0.25, 0.3) is 0 Å². The fourth-order valence-corrected chi connectivity index (χ4v) is 4.82. The molecule has 0 spiro atoms. The summed E-state index contributed by atoms with van der Waals surface area (Å²) in [4.78, 5) is 60.3. The van der Waals surface area contributed by atoms with E-state index in [1.807, 2.05) is 0 Å². The van der Waals surface area contributed by atoms with Crippen LogP contribution in [0.1, 0.15) is 118 Å². The van der Waals surface area contributed by atoms with Gasteiger partial charge in [0.05, 0.1) is 7.11 Å². The van der Waals surface area contributed by atoms with E-state index in [0.29, 0.717) is 12.2 Å². The molecule has 0 aromatic rings. The number of methoxy groups -OCH3 is 1. The number of esters is 2. The number of carbonyl (C=O) groups is 5. The third kappa shape index (κ3) is 23.1. The number of hydrogen-bond acceptors (Lipinski definition) is 9. The predicted octanol–water partition coefficient (Wildman–Crippen LogP) is 5.38. The van der Waals surface area contributed by atoms with E-state index in [0.717, 1.165) is 26.4 Å². The molecule has 0 aromatic carbocycles. The largest absolute Gasteiger partial charge is 0.481 e. The normalized spacial score (nSPS) is 12.6.